The molecular formula is C31H33ClN4O4S. The molecule has 41 heavy (non-hydrogen) atoms. The molecule has 3 amide bonds. The smallest absolute Gasteiger partial charge is 0.339 e. The maximum Gasteiger partial charge on any atom is 0.339 e. The van der Waals surface area contributed by atoms with Gasteiger partial charge >= 0.3 is 12.0 Å². The quantitative estimate of drug-likeness (QED) is 0.110. The molecular weight excluding hydrogens is 560 g/mol. The largest absolute Gasteiger partial charge is 0.478 e. The Morgan fingerprint density at radius 3 is 2.49 bits per heavy atom. The fraction of sp³-hybridized carbons (Fsp3) is 0.290. The summed E-state index contributed by atoms with van der Waals surface area (Å²) < 4.78 is 0. The first-order chi connectivity index (χ1) is 19.9. The Morgan fingerprint density at radius 2 is 1.76 bits per heavy atom. The minimum atomic E-state index is -0.943. The molecule has 1 heterocycles. The minimum Gasteiger partial charge on any atom is -0.478 e. The number of aryl methyl sites for hydroxylation is 1. The molecule has 4 rings (SSSR count). The molecule has 1 aliphatic rings. The highest BCUT2D eigenvalue weighted by Gasteiger charge is 2.34. The number of urea groups is 1. The summed E-state index contributed by atoms with van der Waals surface area (Å²) in [6, 6.07) is 19.0. The lowest BCUT2D eigenvalue weighted by molar-refractivity contribution is -0.112. The fourth-order valence-corrected chi connectivity index (χ4v) is 5.63. The lowest BCUT2D eigenvalue weighted by Crippen LogP contribution is -2.33. The summed E-state index contributed by atoms with van der Waals surface area (Å²) in [5.74, 6) is -0.415. The Morgan fingerprint density at radius 1 is 1.00 bits per heavy atom. The number of carboxylic acid groups (broad SMARTS) is 1. The molecule has 214 valence electrons. The average molecular weight is 593 g/mol. The zero-order valence-corrected chi connectivity index (χ0v) is 24.4. The topological polar surface area (TPSA) is 111 Å². The number of hydrogen-bond acceptors (Lipinski definition) is 5. The van der Waals surface area contributed by atoms with Crippen molar-refractivity contribution in [2.24, 2.45) is 5.10 Å². The van der Waals surface area contributed by atoms with Crippen LogP contribution in [0.4, 0.5) is 16.2 Å². The Hall–Kier alpha value is -3.82. The van der Waals surface area contributed by atoms with E-state index in [-0.39, 0.29) is 17.2 Å². The van der Waals surface area contributed by atoms with E-state index in [0.717, 1.165) is 54.0 Å². The number of anilines is 2. The molecule has 10 heteroatoms. The summed E-state index contributed by atoms with van der Waals surface area (Å²) >= 11 is 7.77. The van der Waals surface area contributed by atoms with Gasteiger partial charge in [0.05, 0.1) is 22.0 Å². The number of rotatable bonds is 13. The van der Waals surface area contributed by atoms with Crippen molar-refractivity contribution in [1.29, 1.82) is 0 Å². The Kier molecular flexibility index (Phi) is 10.8. The van der Waals surface area contributed by atoms with Crippen molar-refractivity contribution in [1.82, 2.24) is 5.43 Å². The fourth-order valence-electron chi connectivity index (χ4n) is 4.51. The number of nitrogens with one attached hydrogen (secondary N) is 2. The van der Waals surface area contributed by atoms with Crippen molar-refractivity contribution < 1.29 is 19.5 Å². The lowest BCUT2D eigenvalue weighted by Gasteiger charge is -2.17. The highest BCUT2D eigenvalue weighted by Crippen LogP contribution is 2.34. The number of nitrogens with zero attached hydrogens (tertiary/aromatic N) is 2. The summed E-state index contributed by atoms with van der Waals surface area (Å²) in [6.45, 7) is 2.75. The van der Waals surface area contributed by atoms with Gasteiger partial charge in [-0.3, -0.25) is 4.79 Å². The molecule has 0 bridgehead atoms. The van der Waals surface area contributed by atoms with Gasteiger partial charge in [-0.1, -0.05) is 68.5 Å². The molecule has 1 aliphatic heterocycles. The first-order valence-electron chi connectivity index (χ1n) is 13.7. The van der Waals surface area contributed by atoms with Gasteiger partial charge < -0.3 is 15.3 Å². The number of unbranched alkanes of at least 4 members (excludes halogenated alkanes) is 4. The number of carboxylic acids is 1. The van der Waals surface area contributed by atoms with Crippen LogP contribution in [0.2, 0.25) is 5.02 Å². The van der Waals surface area contributed by atoms with Crippen LogP contribution in [-0.4, -0.2) is 41.0 Å². The Balaban J connectivity index is 1.47. The third-order valence-corrected chi connectivity index (χ3v) is 8.02. The second kappa shape index (κ2) is 14.7. The Bertz CT molecular complexity index is 1430. The van der Waals surface area contributed by atoms with Crippen LogP contribution in [-0.2, 0) is 11.2 Å². The number of aromatic carboxylic acids is 1. The number of thioether (sulfide) groups is 1. The average Bonchev–Trinajstić information content (AvgIpc) is 3.22. The van der Waals surface area contributed by atoms with Gasteiger partial charge in [0.15, 0.2) is 5.71 Å². The number of hydrogen-bond donors (Lipinski definition) is 3. The molecule has 0 saturated carbocycles. The van der Waals surface area contributed by atoms with Gasteiger partial charge in [-0.25, -0.2) is 15.0 Å². The van der Waals surface area contributed by atoms with Gasteiger partial charge in [0, 0.05) is 22.8 Å². The van der Waals surface area contributed by atoms with Crippen LogP contribution in [0.25, 0.3) is 0 Å². The van der Waals surface area contributed by atoms with Crippen LogP contribution in [0.3, 0.4) is 0 Å². The van der Waals surface area contributed by atoms with E-state index in [9.17, 15) is 14.4 Å². The number of fused-ring (bicyclic) bond motifs is 1. The van der Waals surface area contributed by atoms with Gasteiger partial charge in [-0.15, -0.1) is 11.8 Å². The van der Waals surface area contributed by atoms with Crippen LogP contribution in [0, 0.1) is 0 Å². The summed E-state index contributed by atoms with van der Waals surface area (Å²) in [7, 11) is 0. The van der Waals surface area contributed by atoms with Crippen LogP contribution >= 0.6 is 23.4 Å². The normalized spacial score (nSPS) is 13.4. The monoisotopic (exact) mass is 592 g/mol. The van der Waals surface area contributed by atoms with E-state index in [0.29, 0.717) is 22.8 Å². The van der Waals surface area contributed by atoms with Crippen LogP contribution in [0.15, 0.2) is 76.7 Å². The number of para-hydroxylation sites is 1. The van der Waals surface area contributed by atoms with E-state index in [4.69, 9.17) is 16.7 Å². The molecule has 0 atom stereocenters. The lowest BCUT2D eigenvalue weighted by atomic mass is 10.1. The summed E-state index contributed by atoms with van der Waals surface area (Å²) in [6.07, 6.45) is 6.14. The maximum atomic E-state index is 13.4. The van der Waals surface area contributed by atoms with Crippen molar-refractivity contribution >= 4 is 58.4 Å². The van der Waals surface area contributed by atoms with Crippen LogP contribution < -0.4 is 15.6 Å². The first-order valence-corrected chi connectivity index (χ1v) is 15.0. The summed E-state index contributed by atoms with van der Waals surface area (Å²) in [5.41, 5.74) is 5.86. The van der Waals surface area contributed by atoms with Gasteiger partial charge in [0.25, 0.3) is 5.91 Å². The van der Waals surface area contributed by atoms with E-state index < -0.39 is 12.0 Å². The molecule has 0 unspecified atom stereocenters. The molecule has 0 radical (unpaired) electrons. The predicted octanol–water partition coefficient (Wildman–Crippen LogP) is 7.22. The third kappa shape index (κ3) is 8.11. The van der Waals surface area contributed by atoms with Crippen molar-refractivity contribution in [3.8, 4) is 0 Å². The minimum absolute atomic E-state index is 0.189. The highest BCUT2D eigenvalue weighted by molar-refractivity contribution is 7.99. The molecule has 8 nitrogen and oxygen atoms in total. The molecule has 3 aromatic carbocycles. The number of halogens is 1. The van der Waals surface area contributed by atoms with Crippen molar-refractivity contribution in [2.45, 2.75) is 50.3 Å². The van der Waals surface area contributed by atoms with Gasteiger partial charge in [-0.2, -0.15) is 5.10 Å². The second-order valence-electron chi connectivity index (χ2n) is 9.66. The third-order valence-electron chi connectivity index (χ3n) is 6.70. The van der Waals surface area contributed by atoms with E-state index in [1.165, 1.54) is 6.42 Å². The van der Waals surface area contributed by atoms with Crippen molar-refractivity contribution in [3.05, 3.63) is 88.4 Å². The Labute approximate surface area is 249 Å². The SMILES string of the molecule is CCCCCCCN1C(=O)/C(=N\NC(=O)Nc2ccccc2Cl)c2cc(SCCc3ccc(C(=O)O)cc3)ccc21. The molecule has 0 spiro atoms. The van der Waals surface area contributed by atoms with Crippen molar-refractivity contribution in [2.75, 3.05) is 22.5 Å². The van der Waals surface area contributed by atoms with Crippen LogP contribution in [0.1, 0.15) is 60.5 Å². The number of benzene rings is 3. The molecule has 3 N–H and O–H groups in total. The van der Waals surface area contributed by atoms with E-state index in [2.05, 4.69) is 22.8 Å². The number of hydrazone groups is 1. The van der Waals surface area contributed by atoms with E-state index in [1.54, 1.807) is 53.1 Å². The maximum absolute atomic E-state index is 13.4. The number of carbonyl (C=O) groups is 3. The zero-order chi connectivity index (χ0) is 29.2. The molecule has 0 fully saturated rings. The number of amides is 3. The molecule has 0 saturated heterocycles. The second-order valence-corrected chi connectivity index (χ2v) is 11.2. The predicted molar refractivity (Wildman–Crippen MR) is 166 cm³/mol. The molecule has 0 aliphatic carbocycles. The summed E-state index contributed by atoms with van der Waals surface area (Å²) in [5, 5.41) is 16.4. The van der Waals surface area contributed by atoms with Crippen LogP contribution in [0.5, 0.6) is 0 Å². The first kappa shape index (κ1) is 30.1. The van der Waals surface area contributed by atoms with E-state index >= 15 is 0 Å². The standard InChI is InChI=1S/C31H33ClN4O4S/c1-2-3-4-5-8-18-36-27-16-15-23(41-19-17-21-11-13-22(14-12-21)30(38)39)20-24(27)28(29(36)37)34-35-31(40)33-26-10-7-6-9-25(26)32/h6-7,9-16,20H,2-5,8,17-19H2,1H3,(H,38,39)(H2,33,35,40)/b34-28-. The van der Waals surface area contributed by atoms with E-state index in [1.807, 2.05) is 30.3 Å². The van der Waals surface area contributed by atoms with Gasteiger partial charge in [0.2, 0.25) is 0 Å². The summed E-state index contributed by atoms with van der Waals surface area (Å²) in [4.78, 5) is 39.8. The number of carbonyl (C=O) groups excluding carboxylic acids is 2. The highest BCUT2D eigenvalue weighted by atomic mass is 35.5. The molecule has 3 aromatic rings. The van der Waals surface area contributed by atoms with Crippen molar-refractivity contribution in [3.63, 3.8) is 0 Å². The molecule has 0 aromatic heterocycles. The van der Waals surface area contributed by atoms with Gasteiger partial charge in [0.1, 0.15) is 0 Å². The van der Waals surface area contributed by atoms with Gasteiger partial charge in [-0.05, 0) is 60.9 Å². The zero-order valence-electron chi connectivity index (χ0n) is 22.9.